The van der Waals surface area contributed by atoms with E-state index in [2.05, 4.69) is 4.72 Å². The minimum atomic E-state index is -0.403. The third kappa shape index (κ3) is 2.17. The summed E-state index contributed by atoms with van der Waals surface area (Å²) in [5.41, 5.74) is 6.52. The Kier molecular flexibility index (Phi) is 2.99. The van der Waals surface area contributed by atoms with Gasteiger partial charge in [-0.1, -0.05) is 18.0 Å². The number of carbonyl (C=O) groups is 1. The van der Waals surface area contributed by atoms with Gasteiger partial charge in [-0.25, -0.2) is 0 Å². The maximum atomic E-state index is 10.7. The van der Waals surface area contributed by atoms with Crippen LogP contribution in [0.1, 0.15) is 10.4 Å². The SMILES string of the molecule is CSNc1cccc(C(N)=O)c1. The highest BCUT2D eigenvalue weighted by atomic mass is 32.2. The Labute approximate surface area is 75.5 Å². The van der Waals surface area contributed by atoms with Crippen LogP contribution in [-0.2, 0) is 0 Å². The van der Waals surface area contributed by atoms with Gasteiger partial charge in [0.15, 0.2) is 0 Å². The van der Waals surface area contributed by atoms with Crippen LogP contribution in [0.4, 0.5) is 5.69 Å². The number of benzene rings is 1. The second kappa shape index (κ2) is 4.01. The molecule has 0 unspecified atom stereocenters. The minimum Gasteiger partial charge on any atom is -0.366 e. The molecule has 0 aliphatic rings. The molecule has 1 amide bonds. The summed E-state index contributed by atoms with van der Waals surface area (Å²) in [7, 11) is 0. The molecular formula is C8H10N2OS. The van der Waals surface area contributed by atoms with Gasteiger partial charge >= 0.3 is 0 Å². The minimum absolute atomic E-state index is 0.403. The molecule has 0 radical (unpaired) electrons. The molecule has 0 spiro atoms. The van der Waals surface area contributed by atoms with Crippen LogP contribution in [0.3, 0.4) is 0 Å². The van der Waals surface area contributed by atoms with Crippen LogP contribution in [0.15, 0.2) is 24.3 Å². The molecule has 0 saturated heterocycles. The Morgan fingerprint density at radius 3 is 2.92 bits per heavy atom. The highest BCUT2D eigenvalue weighted by molar-refractivity contribution is 7.99. The van der Waals surface area contributed by atoms with Gasteiger partial charge in [-0.15, -0.1) is 0 Å². The van der Waals surface area contributed by atoms with E-state index in [9.17, 15) is 4.79 Å². The summed E-state index contributed by atoms with van der Waals surface area (Å²) in [6.07, 6.45) is 1.91. The third-order valence-corrected chi connectivity index (χ3v) is 1.81. The molecule has 0 atom stereocenters. The maximum Gasteiger partial charge on any atom is 0.248 e. The quantitative estimate of drug-likeness (QED) is 0.696. The van der Waals surface area contributed by atoms with Crippen molar-refractivity contribution >= 4 is 23.5 Å². The fraction of sp³-hybridized carbons (Fsp3) is 0.125. The van der Waals surface area contributed by atoms with Crippen LogP contribution in [0.25, 0.3) is 0 Å². The van der Waals surface area contributed by atoms with E-state index in [1.165, 1.54) is 11.9 Å². The molecule has 0 heterocycles. The van der Waals surface area contributed by atoms with Gasteiger partial charge < -0.3 is 10.5 Å². The Morgan fingerprint density at radius 2 is 2.33 bits per heavy atom. The zero-order valence-electron chi connectivity index (χ0n) is 6.70. The van der Waals surface area contributed by atoms with Gasteiger partial charge in [0.05, 0.1) is 0 Å². The van der Waals surface area contributed by atoms with Crippen LogP contribution >= 0.6 is 11.9 Å². The molecule has 64 valence electrons. The van der Waals surface area contributed by atoms with Crippen molar-refractivity contribution in [2.75, 3.05) is 11.0 Å². The molecule has 1 aromatic carbocycles. The first-order valence-electron chi connectivity index (χ1n) is 3.43. The van der Waals surface area contributed by atoms with Crippen molar-refractivity contribution in [3.8, 4) is 0 Å². The van der Waals surface area contributed by atoms with E-state index < -0.39 is 5.91 Å². The molecule has 12 heavy (non-hydrogen) atoms. The lowest BCUT2D eigenvalue weighted by molar-refractivity contribution is 0.100. The lowest BCUT2D eigenvalue weighted by Crippen LogP contribution is -2.10. The molecule has 3 N–H and O–H groups in total. The van der Waals surface area contributed by atoms with E-state index in [0.29, 0.717) is 5.56 Å². The summed E-state index contributed by atoms with van der Waals surface area (Å²) >= 11 is 1.47. The molecule has 4 heteroatoms. The number of rotatable bonds is 3. The molecule has 0 fully saturated rings. The van der Waals surface area contributed by atoms with E-state index >= 15 is 0 Å². The van der Waals surface area contributed by atoms with Gasteiger partial charge in [-0.2, -0.15) is 0 Å². The van der Waals surface area contributed by atoms with Gasteiger partial charge in [0.25, 0.3) is 0 Å². The van der Waals surface area contributed by atoms with Crippen LogP contribution in [-0.4, -0.2) is 12.2 Å². The van der Waals surface area contributed by atoms with E-state index in [1.54, 1.807) is 18.2 Å². The standard InChI is InChI=1S/C8H10N2OS/c1-12-10-7-4-2-3-6(5-7)8(9)11/h2-5,10H,1H3,(H2,9,11). The smallest absolute Gasteiger partial charge is 0.248 e. The molecule has 0 aliphatic heterocycles. The van der Waals surface area contributed by atoms with Gasteiger partial charge in [-0.05, 0) is 18.2 Å². The lowest BCUT2D eigenvalue weighted by Gasteiger charge is -2.02. The summed E-state index contributed by atoms with van der Waals surface area (Å²) < 4.78 is 3.01. The average molecular weight is 182 g/mol. The Morgan fingerprint density at radius 1 is 1.58 bits per heavy atom. The van der Waals surface area contributed by atoms with Gasteiger partial charge in [0.1, 0.15) is 0 Å². The molecule has 3 nitrogen and oxygen atoms in total. The zero-order chi connectivity index (χ0) is 8.97. The summed E-state index contributed by atoms with van der Waals surface area (Å²) in [5.74, 6) is -0.403. The van der Waals surface area contributed by atoms with Gasteiger partial charge in [0, 0.05) is 17.5 Å². The number of anilines is 1. The molecular weight excluding hydrogens is 172 g/mol. The predicted octanol–water partition coefficient (Wildman–Crippen LogP) is 1.48. The third-order valence-electron chi connectivity index (χ3n) is 1.37. The van der Waals surface area contributed by atoms with E-state index in [-0.39, 0.29) is 0 Å². The van der Waals surface area contributed by atoms with Crippen molar-refractivity contribution in [1.82, 2.24) is 0 Å². The number of carbonyl (C=O) groups excluding carboxylic acids is 1. The first-order chi connectivity index (χ1) is 5.74. The Bertz CT molecular complexity index is 288. The first-order valence-corrected chi connectivity index (χ1v) is 4.65. The second-order valence-electron chi connectivity index (χ2n) is 2.25. The summed E-state index contributed by atoms with van der Waals surface area (Å²) in [5, 5.41) is 0. The van der Waals surface area contributed by atoms with E-state index in [1.807, 2.05) is 12.3 Å². The normalized spacial score (nSPS) is 9.42. The Balaban J connectivity index is 2.88. The van der Waals surface area contributed by atoms with Crippen molar-refractivity contribution in [3.63, 3.8) is 0 Å². The monoisotopic (exact) mass is 182 g/mol. The zero-order valence-corrected chi connectivity index (χ0v) is 7.52. The van der Waals surface area contributed by atoms with Crippen molar-refractivity contribution in [2.24, 2.45) is 5.73 Å². The number of nitrogens with one attached hydrogen (secondary N) is 1. The largest absolute Gasteiger partial charge is 0.366 e. The van der Waals surface area contributed by atoms with Gasteiger partial charge in [0.2, 0.25) is 5.91 Å². The van der Waals surface area contributed by atoms with Crippen molar-refractivity contribution in [2.45, 2.75) is 0 Å². The van der Waals surface area contributed by atoms with E-state index in [4.69, 9.17) is 5.73 Å². The highest BCUT2D eigenvalue weighted by Gasteiger charge is 1.99. The first kappa shape index (κ1) is 8.93. The van der Waals surface area contributed by atoms with Crippen LogP contribution in [0.5, 0.6) is 0 Å². The molecule has 0 saturated carbocycles. The fourth-order valence-corrected chi connectivity index (χ4v) is 1.22. The van der Waals surface area contributed by atoms with Crippen LogP contribution in [0.2, 0.25) is 0 Å². The topological polar surface area (TPSA) is 55.1 Å². The molecule has 0 bridgehead atoms. The maximum absolute atomic E-state index is 10.7. The second-order valence-corrected chi connectivity index (χ2v) is 2.86. The number of hydrogen-bond donors (Lipinski definition) is 2. The summed E-state index contributed by atoms with van der Waals surface area (Å²) in [6, 6.07) is 7.08. The number of nitrogens with two attached hydrogens (primary N) is 1. The molecule has 0 aliphatic carbocycles. The highest BCUT2D eigenvalue weighted by Crippen LogP contribution is 2.12. The van der Waals surface area contributed by atoms with Crippen LogP contribution in [0, 0.1) is 0 Å². The number of hydrogen-bond acceptors (Lipinski definition) is 3. The summed E-state index contributed by atoms with van der Waals surface area (Å²) in [6.45, 7) is 0. The molecule has 1 aromatic rings. The average Bonchev–Trinajstić information content (AvgIpc) is 2.05. The fourth-order valence-electron chi connectivity index (χ4n) is 0.854. The molecule has 1 rings (SSSR count). The van der Waals surface area contributed by atoms with Gasteiger partial charge in [-0.3, -0.25) is 4.79 Å². The lowest BCUT2D eigenvalue weighted by atomic mass is 10.2. The van der Waals surface area contributed by atoms with E-state index in [0.717, 1.165) is 5.69 Å². The van der Waals surface area contributed by atoms with Crippen molar-refractivity contribution in [1.29, 1.82) is 0 Å². The van der Waals surface area contributed by atoms with Crippen molar-refractivity contribution < 1.29 is 4.79 Å². The number of primary amides is 1. The summed E-state index contributed by atoms with van der Waals surface area (Å²) in [4.78, 5) is 10.7. The predicted molar refractivity (Wildman–Crippen MR) is 52.1 cm³/mol. The molecule has 0 aromatic heterocycles. The number of amides is 1. The van der Waals surface area contributed by atoms with Crippen molar-refractivity contribution in [3.05, 3.63) is 29.8 Å². The van der Waals surface area contributed by atoms with Crippen LogP contribution < -0.4 is 10.5 Å². The Hall–Kier alpha value is -1.16.